The van der Waals surface area contributed by atoms with Crippen molar-refractivity contribution in [3.63, 3.8) is 0 Å². The van der Waals surface area contributed by atoms with Crippen LogP contribution in [-0.2, 0) is 0 Å². The van der Waals surface area contributed by atoms with Crippen LogP contribution in [0.25, 0.3) is 0 Å². The van der Waals surface area contributed by atoms with E-state index in [4.69, 9.17) is 23.8 Å². The van der Waals surface area contributed by atoms with Gasteiger partial charge in [-0.25, -0.2) is 0 Å². The number of amidine groups is 1. The van der Waals surface area contributed by atoms with Gasteiger partial charge in [-0.05, 0) is 36.5 Å². The van der Waals surface area contributed by atoms with Crippen LogP contribution < -0.4 is 10.6 Å². The molecule has 1 aliphatic rings. The first kappa shape index (κ1) is 16.7. The second-order valence-corrected chi connectivity index (χ2v) is 6.23. The quantitative estimate of drug-likeness (QED) is 0.804. The zero-order valence-electron chi connectivity index (χ0n) is 13.2. The Labute approximate surface area is 152 Å². The zero-order valence-corrected chi connectivity index (χ0v) is 14.8. The van der Waals surface area contributed by atoms with Crippen molar-refractivity contribution in [2.45, 2.75) is 0 Å². The summed E-state index contributed by atoms with van der Waals surface area (Å²) < 4.78 is 0. The summed E-state index contributed by atoms with van der Waals surface area (Å²) in [5.74, 6) is 0.962. The zero-order chi connectivity index (χ0) is 16.8. The van der Waals surface area contributed by atoms with Gasteiger partial charge in [0.05, 0.1) is 11.6 Å². The van der Waals surface area contributed by atoms with Crippen LogP contribution in [0.1, 0.15) is 5.56 Å². The second-order valence-electron chi connectivity index (χ2n) is 5.42. The molecule has 0 radical (unpaired) electrons. The SMILES string of the molecule is S=C(NCCN1CCN=C1c1ccccc1Cl)Nc1ccccc1. The van der Waals surface area contributed by atoms with Crippen LogP contribution in [-0.4, -0.2) is 42.0 Å². The molecule has 1 aliphatic heterocycles. The van der Waals surface area contributed by atoms with Crippen LogP contribution in [0.4, 0.5) is 5.69 Å². The summed E-state index contributed by atoms with van der Waals surface area (Å²) in [6.07, 6.45) is 0. The number of para-hydroxylation sites is 1. The van der Waals surface area contributed by atoms with Gasteiger partial charge in [0.2, 0.25) is 0 Å². The van der Waals surface area contributed by atoms with Crippen LogP contribution in [0.3, 0.4) is 0 Å². The fourth-order valence-corrected chi connectivity index (χ4v) is 3.04. The van der Waals surface area contributed by atoms with Crippen molar-refractivity contribution >= 4 is 40.5 Å². The summed E-state index contributed by atoms with van der Waals surface area (Å²) in [6, 6.07) is 17.7. The molecule has 1 heterocycles. The molecule has 0 aromatic heterocycles. The molecule has 3 rings (SSSR count). The van der Waals surface area contributed by atoms with Gasteiger partial charge >= 0.3 is 0 Å². The molecule has 6 heteroatoms. The van der Waals surface area contributed by atoms with Crippen molar-refractivity contribution in [2.75, 3.05) is 31.5 Å². The molecule has 0 saturated carbocycles. The maximum Gasteiger partial charge on any atom is 0.170 e. The standard InChI is InChI=1S/C18H19ClN4S/c19-16-9-5-4-8-15(16)17-20-10-12-23(17)13-11-21-18(24)22-14-6-2-1-3-7-14/h1-9H,10-13H2,(H2,21,22,24). The van der Waals surface area contributed by atoms with E-state index < -0.39 is 0 Å². The van der Waals surface area contributed by atoms with E-state index in [1.807, 2.05) is 54.6 Å². The highest BCUT2D eigenvalue weighted by atomic mass is 35.5. The second kappa shape index (κ2) is 8.13. The molecule has 0 atom stereocenters. The predicted octanol–water partition coefficient (Wildman–Crippen LogP) is 3.39. The minimum absolute atomic E-state index is 0.622. The highest BCUT2D eigenvalue weighted by Crippen LogP contribution is 2.19. The Morgan fingerprint density at radius 2 is 1.88 bits per heavy atom. The summed E-state index contributed by atoms with van der Waals surface area (Å²) in [6.45, 7) is 3.26. The first-order valence-corrected chi connectivity index (χ1v) is 8.67. The number of aliphatic imine (C=N–C) groups is 1. The molecule has 0 bridgehead atoms. The molecule has 0 amide bonds. The molecule has 0 spiro atoms. The fourth-order valence-electron chi connectivity index (χ4n) is 2.60. The van der Waals surface area contributed by atoms with Crippen LogP contribution in [0.2, 0.25) is 5.02 Å². The summed E-state index contributed by atoms with van der Waals surface area (Å²) in [5.41, 5.74) is 1.97. The fraction of sp³-hybridized carbons (Fsp3) is 0.222. The van der Waals surface area contributed by atoms with E-state index >= 15 is 0 Å². The van der Waals surface area contributed by atoms with Crippen molar-refractivity contribution in [1.82, 2.24) is 10.2 Å². The highest BCUT2D eigenvalue weighted by Gasteiger charge is 2.19. The van der Waals surface area contributed by atoms with Gasteiger partial charge in [0.1, 0.15) is 5.84 Å². The van der Waals surface area contributed by atoms with Gasteiger partial charge in [-0.3, -0.25) is 4.99 Å². The number of nitrogens with zero attached hydrogens (tertiary/aromatic N) is 2. The van der Waals surface area contributed by atoms with Crippen LogP contribution in [0, 0.1) is 0 Å². The molecule has 0 fully saturated rings. The van der Waals surface area contributed by atoms with Crippen LogP contribution in [0.15, 0.2) is 59.6 Å². The van der Waals surface area contributed by atoms with Crippen molar-refractivity contribution in [1.29, 1.82) is 0 Å². The lowest BCUT2D eigenvalue weighted by Crippen LogP contribution is -2.38. The van der Waals surface area contributed by atoms with Crippen molar-refractivity contribution < 1.29 is 0 Å². The normalized spacial score (nSPS) is 13.5. The topological polar surface area (TPSA) is 39.7 Å². The Morgan fingerprint density at radius 1 is 1.12 bits per heavy atom. The number of hydrogen-bond acceptors (Lipinski definition) is 3. The Morgan fingerprint density at radius 3 is 2.67 bits per heavy atom. The summed E-state index contributed by atoms with van der Waals surface area (Å²) in [4.78, 5) is 6.83. The van der Waals surface area contributed by atoms with Gasteiger partial charge in [-0.15, -0.1) is 0 Å². The van der Waals surface area contributed by atoms with Crippen molar-refractivity contribution in [3.05, 3.63) is 65.2 Å². The molecule has 124 valence electrons. The monoisotopic (exact) mass is 358 g/mol. The summed E-state index contributed by atoms with van der Waals surface area (Å²) in [5, 5.41) is 7.76. The third-order valence-corrected chi connectivity index (χ3v) is 4.32. The van der Waals surface area contributed by atoms with Gasteiger partial charge in [0, 0.05) is 30.9 Å². The third kappa shape index (κ3) is 4.24. The lowest BCUT2D eigenvalue weighted by molar-refractivity contribution is 0.460. The smallest absolute Gasteiger partial charge is 0.170 e. The molecular formula is C18H19ClN4S. The van der Waals surface area contributed by atoms with Gasteiger partial charge in [0.15, 0.2) is 5.11 Å². The van der Waals surface area contributed by atoms with E-state index in [2.05, 4.69) is 20.5 Å². The number of hydrogen-bond donors (Lipinski definition) is 2. The number of rotatable bonds is 5. The van der Waals surface area contributed by atoms with E-state index in [1.54, 1.807) is 0 Å². The lowest BCUT2D eigenvalue weighted by atomic mass is 10.2. The van der Waals surface area contributed by atoms with E-state index in [1.165, 1.54) is 0 Å². The highest BCUT2D eigenvalue weighted by molar-refractivity contribution is 7.80. The molecular weight excluding hydrogens is 340 g/mol. The third-order valence-electron chi connectivity index (χ3n) is 3.74. The lowest BCUT2D eigenvalue weighted by Gasteiger charge is -2.21. The first-order chi connectivity index (χ1) is 11.7. The summed E-state index contributed by atoms with van der Waals surface area (Å²) >= 11 is 11.6. The molecule has 2 aromatic carbocycles. The average Bonchev–Trinajstić information content (AvgIpc) is 3.04. The largest absolute Gasteiger partial charge is 0.361 e. The summed E-state index contributed by atoms with van der Waals surface area (Å²) in [7, 11) is 0. The Kier molecular flexibility index (Phi) is 5.67. The van der Waals surface area contributed by atoms with Crippen LogP contribution >= 0.6 is 23.8 Å². The van der Waals surface area contributed by atoms with E-state index in [-0.39, 0.29) is 0 Å². The van der Waals surface area contributed by atoms with Gasteiger partial charge in [-0.2, -0.15) is 0 Å². The molecule has 0 unspecified atom stereocenters. The molecule has 4 nitrogen and oxygen atoms in total. The van der Waals surface area contributed by atoms with E-state index in [9.17, 15) is 0 Å². The average molecular weight is 359 g/mol. The van der Waals surface area contributed by atoms with Crippen LogP contribution in [0.5, 0.6) is 0 Å². The predicted molar refractivity (Wildman–Crippen MR) is 105 cm³/mol. The molecule has 2 aromatic rings. The van der Waals surface area contributed by atoms with Gasteiger partial charge in [-0.1, -0.05) is 41.9 Å². The van der Waals surface area contributed by atoms with Gasteiger partial charge < -0.3 is 15.5 Å². The molecule has 0 saturated heterocycles. The number of anilines is 1. The van der Waals surface area contributed by atoms with Gasteiger partial charge in [0.25, 0.3) is 0 Å². The Balaban J connectivity index is 1.51. The number of nitrogens with one attached hydrogen (secondary N) is 2. The Bertz CT molecular complexity index is 733. The number of halogens is 1. The Hall–Kier alpha value is -2.11. The van der Waals surface area contributed by atoms with Crippen molar-refractivity contribution in [3.8, 4) is 0 Å². The number of thiocarbonyl (C=S) groups is 1. The molecule has 24 heavy (non-hydrogen) atoms. The molecule has 2 N–H and O–H groups in total. The maximum atomic E-state index is 6.29. The minimum Gasteiger partial charge on any atom is -0.361 e. The van der Waals surface area contributed by atoms with E-state index in [0.717, 1.165) is 48.3 Å². The first-order valence-electron chi connectivity index (χ1n) is 7.88. The maximum absolute atomic E-state index is 6.29. The minimum atomic E-state index is 0.622. The molecule has 0 aliphatic carbocycles. The number of benzene rings is 2. The van der Waals surface area contributed by atoms with E-state index in [0.29, 0.717) is 5.11 Å². The van der Waals surface area contributed by atoms with Crippen molar-refractivity contribution in [2.24, 2.45) is 4.99 Å².